The zero-order chi connectivity index (χ0) is 12.8. The summed E-state index contributed by atoms with van der Waals surface area (Å²) in [5.74, 6) is 2.89. The van der Waals surface area contributed by atoms with Crippen LogP contribution in [0.15, 0.2) is 18.2 Å². The molecule has 0 heterocycles. The average molecular weight is 235 g/mol. The second-order valence-electron chi connectivity index (χ2n) is 3.87. The van der Waals surface area contributed by atoms with Gasteiger partial charge in [0, 0.05) is 11.6 Å². The van der Waals surface area contributed by atoms with Crippen LogP contribution in [0.3, 0.4) is 0 Å². The Morgan fingerprint density at radius 2 is 2.24 bits per heavy atom. The molecular formula is C14H18FNO. The van der Waals surface area contributed by atoms with E-state index >= 15 is 0 Å². The lowest BCUT2D eigenvalue weighted by Gasteiger charge is -2.21. The van der Waals surface area contributed by atoms with Gasteiger partial charge >= 0.3 is 0 Å². The number of hydrogen-bond donors (Lipinski definition) is 1. The van der Waals surface area contributed by atoms with Crippen LogP contribution in [-0.2, 0) is 0 Å². The van der Waals surface area contributed by atoms with Gasteiger partial charge in [0.25, 0.3) is 0 Å². The van der Waals surface area contributed by atoms with E-state index in [1.807, 2.05) is 13.8 Å². The number of hydrogen-bond acceptors (Lipinski definition) is 2. The Bertz CT molecular complexity index is 411. The minimum atomic E-state index is -0.281. The van der Waals surface area contributed by atoms with Crippen molar-refractivity contribution in [3.63, 3.8) is 0 Å². The molecule has 2 nitrogen and oxygen atoms in total. The summed E-state index contributed by atoms with van der Waals surface area (Å²) in [6, 6.07) is 4.55. The molecule has 0 saturated carbocycles. The number of ether oxygens (including phenoxy) is 1. The minimum Gasteiger partial charge on any atom is -0.496 e. The van der Waals surface area contributed by atoms with E-state index in [2.05, 4.69) is 11.2 Å². The molecule has 0 bridgehead atoms. The molecule has 1 aromatic carbocycles. The van der Waals surface area contributed by atoms with Crippen LogP contribution < -0.4 is 10.1 Å². The Balaban J connectivity index is 2.95. The van der Waals surface area contributed by atoms with Crippen molar-refractivity contribution >= 4 is 0 Å². The van der Waals surface area contributed by atoms with E-state index < -0.39 is 0 Å². The molecule has 92 valence electrons. The average Bonchev–Trinajstić information content (AvgIpc) is 2.35. The normalized spacial score (nSPS) is 13.8. The number of methoxy groups -OCH3 is 1. The van der Waals surface area contributed by atoms with Crippen molar-refractivity contribution in [1.82, 2.24) is 5.32 Å². The van der Waals surface area contributed by atoms with Gasteiger partial charge in [-0.2, -0.15) is 0 Å². The SMILES string of the molecule is C#CC(CC)NC(C)c1c(F)cccc1OC. The monoisotopic (exact) mass is 235 g/mol. The van der Waals surface area contributed by atoms with Crippen molar-refractivity contribution in [2.75, 3.05) is 7.11 Å². The highest BCUT2D eigenvalue weighted by Crippen LogP contribution is 2.27. The molecule has 0 aromatic heterocycles. The van der Waals surface area contributed by atoms with Crippen molar-refractivity contribution in [3.8, 4) is 18.1 Å². The van der Waals surface area contributed by atoms with E-state index in [0.29, 0.717) is 11.3 Å². The summed E-state index contributed by atoms with van der Waals surface area (Å²) in [6.07, 6.45) is 6.18. The molecule has 2 unspecified atom stereocenters. The topological polar surface area (TPSA) is 21.3 Å². The first kappa shape index (κ1) is 13.5. The molecule has 0 fully saturated rings. The van der Waals surface area contributed by atoms with Gasteiger partial charge < -0.3 is 4.74 Å². The second kappa shape index (κ2) is 6.27. The predicted molar refractivity (Wildman–Crippen MR) is 67.4 cm³/mol. The number of halogens is 1. The van der Waals surface area contributed by atoms with Crippen LogP contribution in [0.2, 0.25) is 0 Å². The third-order valence-corrected chi connectivity index (χ3v) is 2.73. The van der Waals surface area contributed by atoms with Crippen molar-refractivity contribution in [2.45, 2.75) is 32.4 Å². The van der Waals surface area contributed by atoms with Gasteiger partial charge in [0.05, 0.1) is 13.2 Å². The van der Waals surface area contributed by atoms with E-state index in [4.69, 9.17) is 11.2 Å². The smallest absolute Gasteiger partial charge is 0.131 e. The highest BCUT2D eigenvalue weighted by molar-refractivity contribution is 5.37. The van der Waals surface area contributed by atoms with Crippen molar-refractivity contribution in [2.24, 2.45) is 0 Å². The molecule has 1 aromatic rings. The van der Waals surface area contributed by atoms with E-state index in [1.54, 1.807) is 12.1 Å². The van der Waals surface area contributed by atoms with Gasteiger partial charge in [-0.15, -0.1) is 6.42 Å². The molecule has 1 N–H and O–H groups in total. The fourth-order valence-corrected chi connectivity index (χ4v) is 1.78. The Morgan fingerprint density at radius 1 is 1.53 bits per heavy atom. The molecule has 3 heteroatoms. The highest BCUT2D eigenvalue weighted by atomic mass is 19.1. The van der Waals surface area contributed by atoms with Crippen LogP contribution in [0.1, 0.15) is 31.9 Å². The van der Waals surface area contributed by atoms with Crippen LogP contribution in [-0.4, -0.2) is 13.2 Å². The van der Waals surface area contributed by atoms with Gasteiger partial charge in [-0.1, -0.05) is 18.9 Å². The van der Waals surface area contributed by atoms with E-state index in [1.165, 1.54) is 13.2 Å². The lowest BCUT2D eigenvalue weighted by molar-refractivity contribution is 0.390. The summed E-state index contributed by atoms with van der Waals surface area (Å²) in [4.78, 5) is 0. The van der Waals surface area contributed by atoms with Gasteiger partial charge in [-0.25, -0.2) is 4.39 Å². The molecular weight excluding hydrogens is 217 g/mol. The van der Waals surface area contributed by atoms with Crippen LogP contribution in [0, 0.1) is 18.2 Å². The number of rotatable bonds is 5. The maximum Gasteiger partial charge on any atom is 0.131 e. The first-order valence-corrected chi connectivity index (χ1v) is 5.68. The largest absolute Gasteiger partial charge is 0.496 e. The van der Waals surface area contributed by atoms with Gasteiger partial charge in [-0.3, -0.25) is 5.32 Å². The molecule has 17 heavy (non-hydrogen) atoms. The van der Waals surface area contributed by atoms with Crippen LogP contribution >= 0.6 is 0 Å². The molecule has 0 aliphatic carbocycles. The van der Waals surface area contributed by atoms with Gasteiger partial charge in [0.2, 0.25) is 0 Å². The third kappa shape index (κ3) is 3.21. The Kier molecular flexibility index (Phi) is 4.99. The van der Waals surface area contributed by atoms with E-state index in [-0.39, 0.29) is 17.9 Å². The quantitative estimate of drug-likeness (QED) is 0.792. The van der Waals surface area contributed by atoms with Crippen molar-refractivity contribution < 1.29 is 9.13 Å². The molecule has 0 aliphatic heterocycles. The third-order valence-electron chi connectivity index (χ3n) is 2.73. The van der Waals surface area contributed by atoms with Gasteiger partial charge in [0.1, 0.15) is 11.6 Å². The fraction of sp³-hybridized carbons (Fsp3) is 0.429. The summed E-state index contributed by atoms with van der Waals surface area (Å²) in [6.45, 7) is 3.86. The van der Waals surface area contributed by atoms with Gasteiger partial charge in [-0.05, 0) is 25.5 Å². The molecule has 2 atom stereocenters. The summed E-state index contributed by atoms with van der Waals surface area (Å²) < 4.78 is 18.9. The zero-order valence-electron chi connectivity index (χ0n) is 10.5. The summed E-state index contributed by atoms with van der Waals surface area (Å²) in [7, 11) is 1.53. The summed E-state index contributed by atoms with van der Waals surface area (Å²) >= 11 is 0. The van der Waals surface area contributed by atoms with Gasteiger partial charge in [0.15, 0.2) is 0 Å². The maximum absolute atomic E-state index is 13.8. The highest BCUT2D eigenvalue weighted by Gasteiger charge is 2.17. The van der Waals surface area contributed by atoms with Crippen molar-refractivity contribution in [1.29, 1.82) is 0 Å². The Morgan fingerprint density at radius 3 is 2.76 bits per heavy atom. The molecule has 0 amide bonds. The lowest BCUT2D eigenvalue weighted by atomic mass is 10.0. The Labute approximate surface area is 102 Å². The standard InChI is InChI=1S/C14H18FNO/c1-5-11(6-2)16-10(3)14-12(15)8-7-9-13(14)17-4/h1,7-11,16H,6H2,2-4H3. The van der Waals surface area contributed by atoms with Crippen LogP contribution in [0.4, 0.5) is 4.39 Å². The Hall–Kier alpha value is -1.53. The fourth-order valence-electron chi connectivity index (χ4n) is 1.78. The minimum absolute atomic E-state index is 0.0608. The summed E-state index contributed by atoms with van der Waals surface area (Å²) in [5.41, 5.74) is 0.517. The second-order valence-corrected chi connectivity index (χ2v) is 3.87. The lowest BCUT2D eigenvalue weighted by Crippen LogP contribution is -2.30. The zero-order valence-corrected chi connectivity index (χ0v) is 10.5. The number of terminal acetylenes is 1. The van der Waals surface area contributed by atoms with Crippen LogP contribution in [0.25, 0.3) is 0 Å². The summed E-state index contributed by atoms with van der Waals surface area (Å²) in [5, 5.41) is 3.19. The number of nitrogens with one attached hydrogen (secondary N) is 1. The molecule has 0 saturated heterocycles. The maximum atomic E-state index is 13.8. The molecule has 0 radical (unpaired) electrons. The van der Waals surface area contributed by atoms with Crippen LogP contribution in [0.5, 0.6) is 5.75 Å². The molecule has 0 aliphatic rings. The molecule has 1 rings (SSSR count). The molecule has 0 spiro atoms. The van der Waals surface area contributed by atoms with E-state index in [9.17, 15) is 4.39 Å². The first-order chi connectivity index (χ1) is 8.13. The first-order valence-electron chi connectivity index (χ1n) is 5.68. The predicted octanol–water partition coefficient (Wildman–Crippen LogP) is 2.90. The number of benzene rings is 1. The van der Waals surface area contributed by atoms with E-state index in [0.717, 1.165) is 6.42 Å². The van der Waals surface area contributed by atoms with Crippen molar-refractivity contribution in [3.05, 3.63) is 29.6 Å².